The molecular weight excluding hydrogens is 288 g/mol. The van der Waals surface area contributed by atoms with Crippen molar-refractivity contribution in [2.45, 2.75) is 41.5 Å². The fourth-order valence-electron chi connectivity index (χ4n) is 1.97. The summed E-state index contributed by atoms with van der Waals surface area (Å²) >= 11 is 0. The Bertz CT molecular complexity index is 442. The van der Waals surface area contributed by atoms with Crippen LogP contribution >= 0.6 is 0 Å². The highest BCUT2D eigenvalue weighted by atomic mass is 16.7. The molecule has 2 aliphatic heterocycles. The molecule has 4 rings (SSSR count). The van der Waals surface area contributed by atoms with Crippen LogP contribution in [0.1, 0.15) is 40.7 Å². The molecule has 0 unspecified atom stereocenters. The Hall–Kier alpha value is -2.16. The van der Waals surface area contributed by atoms with Gasteiger partial charge >= 0.3 is 0 Å². The van der Waals surface area contributed by atoms with Crippen molar-refractivity contribution in [3.05, 3.63) is 54.1 Å². The molecule has 3 nitrogen and oxygen atoms in total. The lowest BCUT2D eigenvalue weighted by molar-refractivity contribution is 0.174. The van der Waals surface area contributed by atoms with E-state index in [-0.39, 0.29) is 7.43 Å². The first-order valence-corrected chi connectivity index (χ1v) is 7.99. The summed E-state index contributed by atoms with van der Waals surface area (Å²) in [6.45, 7) is 9.22. The second kappa shape index (κ2) is 12.4. The summed E-state index contributed by atoms with van der Waals surface area (Å²) in [5.74, 6) is 2.76. The van der Waals surface area contributed by atoms with E-state index in [0.717, 1.165) is 30.3 Å². The fraction of sp³-hybridized carbons (Fsp3) is 0.400. The van der Waals surface area contributed by atoms with Crippen LogP contribution in [0.25, 0.3) is 0 Å². The van der Waals surface area contributed by atoms with Crippen molar-refractivity contribution in [1.29, 1.82) is 0 Å². The maximum Gasteiger partial charge on any atom is 0.231 e. The van der Waals surface area contributed by atoms with Gasteiger partial charge in [-0.25, -0.2) is 0 Å². The van der Waals surface area contributed by atoms with E-state index in [1.165, 1.54) is 5.56 Å². The summed E-state index contributed by atoms with van der Waals surface area (Å²) in [6.07, 6.45) is 1.08. The number of benzene rings is 2. The van der Waals surface area contributed by atoms with Gasteiger partial charge in [0.1, 0.15) is 5.75 Å². The van der Waals surface area contributed by atoms with Gasteiger partial charge in [0.05, 0.1) is 6.61 Å². The Labute approximate surface area is 141 Å². The van der Waals surface area contributed by atoms with Crippen LogP contribution in [0.4, 0.5) is 0 Å². The number of rotatable bonds is 0. The van der Waals surface area contributed by atoms with Crippen molar-refractivity contribution in [3.63, 3.8) is 0 Å². The summed E-state index contributed by atoms with van der Waals surface area (Å²) in [7, 11) is 0. The van der Waals surface area contributed by atoms with Crippen LogP contribution in [-0.4, -0.2) is 13.4 Å². The van der Waals surface area contributed by atoms with E-state index in [1.807, 2.05) is 70.2 Å². The van der Waals surface area contributed by atoms with Gasteiger partial charge < -0.3 is 14.2 Å². The van der Waals surface area contributed by atoms with Gasteiger partial charge in [0, 0.05) is 6.42 Å². The maximum absolute atomic E-state index is 5.30. The molecule has 0 bridgehead atoms. The van der Waals surface area contributed by atoms with Gasteiger partial charge in [-0.1, -0.05) is 65.5 Å². The molecule has 0 saturated carbocycles. The molecule has 2 aromatic rings. The molecule has 128 valence electrons. The normalized spacial score (nSPS) is 11.7. The fourth-order valence-corrected chi connectivity index (χ4v) is 1.97. The van der Waals surface area contributed by atoms with Gasteiger partial charge in [-0.15, -0.1) is 0 Å². The van der Waals surface area contributed by atoms with Gasteiger partial charge in [0.15, 0.2) is 11.5 Å². The zero-order chi connectivity index (χ0) is 16.2. The molecule has 0 aromatic heterocycles. The van der Waals surface area contributed by atoms with Gasteiger partial charge in [0.2, 0.25) is 6.79 Å². The number of ether oxygens (including phenoxy) is 3. The average molecular weight is 318 g/mol. The van der Waals surface area contributed by atoms with Gasteiger partial charge in [-0.3, -0.25) is 0 Å². The third-order valence-electron chi connectivity index (χ3n) is 2.88. The van der Waals surface area contributed by atoms with Crippen LogP contribution < -0.4 is 14.2 Å². The van der Waals surface area contributed by atoms with Crippen molar-refractivity contribution in [2.75, 3.05) is 13.4 Å². The molecule has 0 atom stereocenters. The summed E-state index contributed by atoms with van der Waals surface area (Å²) in [5.41, 5.74) is 1.34. The van der Waals surface area contributed by atoms with Crippen LogP contribution in [0.2, 0.25) is 0 Å². The van der Waals surface area contributed by atoms with Gasteiger partial charge in [-0.2, -0.15) is 0 Å². The molecule has 0 saturated heterocycles. The maximum atomic E-state index is 5.30. The predicted molar refractivity (Wildman–Crippen MR) is 97.6 cm³/mol. The van der Waals surface area contributed by atoms with E-state index in [0.29, 0.717) is 6.79 Å². The molecule has 0 fully saturated rings. The Balaban J connectivity index is 0.000000335. The second-order valence-corrected chi connectivity index (χ2v) is 4.06. The minimum Gasteiger partial charge on any atom is -0.493 e. The lowest BCUT2D eigenvalue weighted by Gasteiger charge is -1.93. The molecule has 0 spiro atoms. The van der Waals surface area contributed by atoms with Crippen LogP contribution in [0.3, 0.4) is 0 Å². The molecule has 0 amide bonds. The third-order valence-corrected chi connectivity index (χ3v) is 2.88. The van der Waals surface area contributed by atoms with Crippen molar-refractivity contribution < 1.29 is 14.2 Å². The lowest BCUT2D eigenvalue weighted by Crippen LogP contribution is -1.92. The smallest absolute Gasteiger partial charge is 0.231 e. The molecule has 23 heavy (non-hydrogen) atoms. The molecule has 2 aromatic carbocycles. The number of para-hydroxylation sites is 3. The minimum atomic E-state index is 0. The first-order chi connectivity index (χ1) is 10.9. The standard InChI is InChI=1S/C8H8O.C7H6O2.2C2H6.CH4/c1-2-4-8-7(3-1)5-6-9-8;1-2-4-7-6(3-1)8-5-9-7;2*1-2;/h1-4H,5-6H2;1-4H,5H2;2*1-2H3;1H4. The van der Waals surface area contributed by atoms with E-state index in [4.69, 9.17) is 14.2 Å². The molecule has 0 aliphatic carbocycles. The SMILES string of the molecule is C.CC.CC.c1ccc2c(c1)CCO2.c1ccc2c(c1)OCO2. The van der Waals surface area contributed by atoms with Crippen molar-refractivity contribution in [1.82, 2.24) is 0 Å². The Morgan fingerprint density at radius 3 is 1.65 bits per heavy atom. The highest BCUT2D eigenvalue weighted by Crippen LogP contribution is 2.30. The second-order valence-electron chi connectivity index (χ2n) is 4.06. The van der Waals surface area contributed by atoms with E-state index >= 15 is 0 Å². The predicted octanol–water partition coefficient (Wildman–Crippen LogP) is 5.73. The van der Waals surface area contributed by atoms with Crippen LogP contribution in [0.5, 0.6) is 17.2 Å². The van der Waals surface area contributed by atoms with Crippen molar-refractivity contribution >= 4 is 0 Å². The zero-order valence-corrected chi connectivity index (χ0v) is 14.0. The molecule has 3 heteroatoms. The van der Waals surface area contributed by atoms with Gasteiger partial charge in [0.25, 0.3) is 0 Å². The van der Waals surface area contributed by atoms with Crippen molar-refractivity contribution in [2.24, 2.45) is 0 Å². The quantitative estimate of drug-likeness (QED) is 0.621. The van der Waals surface area contributed by atoms with E-state index in [9.17, 15) is 0 Å². The van der Waals surface area contributed by atoms with E-state index in [1.54, 1.807) is 0 Å². The molecule has 0 N–H and O–H groups in total. The molecule has 0 radical (unpaired) electrons. The molecule has 2 aliphatic rings. The van der Waals surface area contributed by atoms with Crippen molar-refractivity contribution in [3.8, 4) is 17.2 Å². The highest BCUT2D eigenvalue weighted by molar-refractivity contribution is 5.40. The van der Waals surface area contributed by atoms with E-state index in [2.05, 4.69) is 6.07 Å². The topological polar surface area (TPSA) is 27.7 Å². The summed E-state index contributed by atoms with van der Waals surface area (Å²) in [4.78, 5) is 0. The first-order valence-electron chi connectivity index (χ1n) is 7.99. The Morgan fingerprint density at radius 1 is 0.652 bits per heavy atom. The number of hydrogen-bond acceptors (Lipinski definition) is 3. The highest BCUT2D eigenvalue weighted by Gasteiger charge is 2.09. The number of fused-ring (bicyclic) bond motifs is 2. The first kappa shape index (κ1) is 20.8. The van der Waals surface area contributed by atoms with Crippen LogP contribution in [0.15, 0.2) is 48.5 Å². The Morgan fingerprint density at radius 2 is 1.13 bits per heavy atom. The molecule has 2 heterocycles. The molecular formula is C20H30O3. The Kier molecular flexibility index (Phi) is 11.2. The van der Waals surface area contributed by atoms with E-state index < -0.39 is 0 Å². The largest absolute Gasteiger partial charge is 0.493 e. The average Bonchev–Trinajstić information content (AvgIpc) is 3.28. The van der Waals surface area contributed by atoms with Gasteiger partial charge in [-0.05, 0) is 23.8 Å². The summed E-state index contributed by atoms with van der Waals surface area (Å²) < 4.78 is 15.5. The summed E-state index contributed by atoms with van der Waals surface area (Å²) in [5, 5.41) is 0. The zero-order valence-electron chi connectivity index (χ0n) is 14.0. The third kappa shape index (κ3) is 6.23. The summed E-state index contributed by atoms with van der Waals surface area (Å²) in [6, 6.07) is 15.8. The van der Waals surface area contributed by atoms with Crippen LogP contribution in [-0.2, 0) is 6.42 Å². The minimum absolute atomic E-state index is 0. The number of hydrogen-bond donors (Lipinski definition) is 0. The van der Waals surface area contributed by atoms with Crippen LogP contribution in [0, 0.1) is 0 Å². The lowest BCUT2D eigenvalue weighted by atomic mass is 10.2. The monoisotopic (exact) mass is 318 g/mol.